The molecule has 1 aromatic carbocycles. The molecule has 0 heterocycles. The Bertz CT molecular complexity index is 350. The average Bonchev–Trinajstić information content (AvgIpc) is 2.23. The maximum atomic E-state index is 10.9. The highest BCUT2D eigenvalue weighted by molar-refractivity contribution is 6.32. The third kappa shape index (κ3) is 4.10. The maximum absolute atomic E-state index is 10.9. The minimum absolute atomic E-state index is 0.0274. The number of aryl methyl sites for hydroxylation is 1. The van der Waals surface area contributed by atoms with Crippen LogP contribution in [-0.2, 0) is 4.79 Å². The SMILES string of the molecule is Cc1ccc(Cl)c(OCCC(=O)CCl)c1. The number of carbonyl (C=O) groups excluding carboxylic acids is 1. The molecule has 0 aromatic heterocycles. The zero-order chi connectivity index (χ0) is 11.3. The quantitative estimate of drug-likeness (QED) is 0.746. The largest absolute Gasteiger partial charge is 0.492 e. The first-order valence-electron chi connectivity index (χ1n) is 4.60. The van der Waals surface area contributed by atoms with Crippen LogP contribution >= 0.6 is 23.2 Å². The summed E-state index contributed by atoms with van der Waals surface area (Å²) in [5.74, 6) is 0.616. The second-order valence-corrected chi connectivity index (χ2v) is 3.88. The summed E-state index contributed by atoms with van der Waals surface area (Å²) < 4.78 is 5.38. The Hall–Kier alpha value is -0.730. The van der Waals surface area contributed by atoms with Crippen LogP contribution in [0.15, 0.2) is 18.2 Å². The average molecular weight is 247 g/mol. The highest BCUT2D eigenvalue weighted by Gasteiger charge is 2.03. The Morgan fingerprint density at radius 2 is 2.20 bits per heavy atom. The van der Waals surface area contributed by atoms with Crippen molar-refractivity contribution in [3.05, 3.63) is 28.8 Å². The fourth-order valence-corrected chi connectivity index (χ4v) is 1.37. The number of halogens is 2. The van der Waals surface area contributed by atoms with Crippen molar-refractivity contribution in [3.8, 4) is 5.75 Å². The summed E-state index contributed by atoms with van der Waals surface area (Å²) >= 11 is 11.3. The summed E-state index contributed by atoms with van der Waals surface area (Å²) in [5.41, 5.74) is 1.07. The van der Waals surface area contributed by atoms with Gasteiger partial charge in [-0.2, -0.15) is 0 Å². The topological polar surface area (TPSA) is 26.3 Å². The highest BCUT2D eigenvalue weighted by Crippen LogP contribution is 2.25. The molecule has 0 spiro atoms. The van der Waals surface area contributed by atoms with Gasteiger partial charge in [-0.25, -0.2) is 0 Å². The zero-order valence-electron chi connectivity index (χ0n) is 8.43. The number of carbonyl (C=O) groups is 1. The molecule has 0 aliphatic rings. The van der Waals surface area contributed by atoms with Gasteiger partial charge in [0.2, 0.25) is 0 Å². The van der Waals surface area contributed by atoms with Crippen LogP contribution in [-0.4, -0.2) is 18.3 Å². The Morgan fingerprint density at radius 3 is 2.87 bits per heavy atom. The van der Waals surface area contributed by atoms with Crippen LogP contribution in [0.3, 0.4) is 0 Å². The lowest BCUT2D eigenvalue weighted by Crippen LogP contribution is -2.07. The van der Waals surface area contributed by atoms with Gasteiger partial charge in [-0.3, -0.25) is 4.79 Å². The summed E-state index contributed by atoms with van der Waals surface area (Å²) in [6, 6.07) is 5.52. The zero-order valence-corrected chi connectivity index (χ0v) is 9.94. The number of hydrogen-bond donors (Lipinski definition) is 0. The van der Waals surface area contributed by atoms with Crippen molar-refractivity contribution < 1.29 is 9.53 Å². The number of alkyl halides is 1. The van der Waals surface area contributed by atoms with Crippen LogP contribution in [0.1, 0.15) is 12.0 Å². The van der Waals surface area contributed by atoms with E-state index < -0.39 is 0 Å². The normalized spacial score (nSPS) is 10.1. The third-order valence-corrected chi connectivity index (χ3v) is 2.48. The van der Waals surface area contributed by atoms with E-state index in [1.807, 2.05) is 19.1 Å². The predicted octanol–water partition coefficient (Wildman–Crippen LogP) is 3.23. The van der Waals surface area contributed by atoms with Crippen molar-refractivity contribution in [1.82, 2.24) is 0 Å². The lowest BCUT2D eigenvalue weighted by Gasteiger charge is -2.07. The van der Waals surface area contributed by atoms with Gasteiger partial charge >= 0.3 is 0 Å². The molecule has 1 rings (SSSR count). The molecular formula is C11H12Cl2O2. The van der Waals surface area contributed by atoms with Crippen LogP contribution in [0.25, 0.3) is 0 Å². The molecule has 0 amide bonds. The second kappa shape index (κ2) is 5.99. The third-order valence-electron chi connectivity index (χ3n) is 1.87. The van der Waals surface area contributed by atoms with Crippen molar-refractivity contribution in [3.63, 3.8) is 0 Å². The summed E-state index contributed by atoms with van der Waals surface area (Å²) in [6.07, 6.45) is 0.313. The Kier molecular flexibility index (Phi) is 4.92. The maximum Gasteiger partial charge on any atom is 0.150 e. The van der Waals surface area contributed by atoms with Crippen molar-refractivity contribution in [2.24, 2.45) is 0 Å². The van der Waals surface area contributed by atoms with Crippen molar-refractivity contribution in [2.45, 2.75) is 13.3 Å². The van der Waals surface area contributed by atoms with Crippen LogP contribution < -0.4 is 4.74 Å². The van der Waals surface area contributed by atoms with Crippen molar-refractivity contribution in [1.29, 1.82) is 0 Å². The molecule has 0 unspecified atom stereocenters. The number of rotatable bonds is 5. The van der Waals surface area contributed by atoms with E-state index in [9.17, 15) is 4.79 Å². The lowest BCUT2D eigenvalue weighted by molar-refractivity contribution is -0.117. The smallest absolute Gasteiger partial charge is 0.150 e. The number of hydrogen-bond acceptors (Lipinski definition) is 2. The monoisotopic (exact) mass is 246 g/mol. The number of ketones is 1. The van der Waals surface area contributed by atoms with E-state index in [0.717, 1.165) is 5.56 Å². The molecule has 0 bridgehead atoms. The lowest BCUT2D eigenvalue weighted by atomic mass is 10.2. The molecule has 15 heavy (non-hydrogen) atoms. The first-order valence-corrected chi connectivity index (χ1v) is 5.51. The first-order chi connectivity index (χ1) is 7.13. The Labute approximate surface area is 99.1 Å². The number of benzene rings is 1. The molecule has 0 aliphatic heterocycles. The molecule has 0 N–H and O–H groups in total. The molecule has 0 radical (unpaired) electrons. The summed E-state index contributed by atoms with van der Waals surface area (Å²) in [5, 5.41) is 0.555. The van der Waals surface area contributed by atoms with Gasteiger partial charge in [0.15, 0.2) is 5.78 Å². The van der Waals surface area contributed by atoms with Gasteiger partial charge in [0, 0.05) is 6.42 Å². The molecule has 4 heteroatoms. The summed E-state index contributed by atoms with van der Waals surface area (Å²) in [7, 11) is 0. The van der Waals surface area contributed by atoms with E-state index in [4.69, 9.17) is 27.9 Å². The molecule has 0 saturated carbocycles. The minimum atomic E-state index is -0.0274. The Balaban J connectivity index is 2.50. The molecule has 2 nitrogen and oxygen atoms in total. The van der Waals surface area contributed by atoms with Crippen LogP contribution in [0.5, 0.6) is 5.75 Å². The van der Waals surface area contributed by atoms with Crippen LogP contribution in [0, 0.1) is 6.92 Å². The Morgan fingerprint density at radius 1 is 1.47 bits per heavy atom. The standard InChI is InChI=1S/C11H12Cl2O2/c1-8-2-3-10(13)11(6-8)15-5-4-9(14)7-12/h2-3,6H,4-5,7H2,1H3. The molecule has 0 fully saturated rings. The molecule has 0 saturated heterocycles. The number of Topliss-reactive ketones (excluding diaryl/α,β-unsaturated/α-hetero) is 1. The van der Waals surface area contributed by atoms with Crippen LogP contribution in [0.2, 0.25) is 5.02 Å². The van der Waals surface area contributed by atoms with Gasteiger partial charge < -0.3 is 4.74 Å². The summed E-state index contributed by atoms with van der Waals surface area (Å²) in [4.78, 5) is 10.9. The van der Waals surface area contributed by atoms with Gasteiger partial charge in [-0.15, -0.1) is 11.6 Å². The fraction of sp³-hybridized carbons (Fsp3) is 0.364. The van der Waals surface area contributed by atoms with Gasteiger partial charge in [0.1, 0.15) is 5.75 Å². The second-order valence-electron chi connectivity index (χ2n) is 3.20. The first kappa shape index (κ1) is 12.3. The molecule has 0 atom stereocenters. The van der Waals surface area contributed by atoms with Gasteiger partial charge in [-0.1, -0.05) is 17.7 Å². The van der Waals surface area contributed by atoms with Gasteiger partial charge in [-0.05, 0) is 24.6 Å². The summed E-state index contributed by atoms with van der Waals surface area (Å²) in [6.45, 7) is 2.27. The van der Waals surface area contributed by atoms with E-state index >= 15 is 0 Å². The van der Waals surface area contributed by atoms with Gasteiger partial charge in [0.25, 0.3) is 0 Å². The van der Waals surface area contributed by atoms with E-state index in [1.54, 1.807) is 6.07 Å². The molecule has 82 valence electrons. The van der Waals surface area contributed by atoms with Crippen molar-refractivity contribution in [2.75, 3.05) is 12.5 Å². The minimum Gasteiger partial charge on any atom is -0.492 e. The van der Waals surface area contributed by atoms with E-state index in [1.165, 1.54) is 0 Å². The van der Waals surface area contributed by atoms with E-state index in [2.05, 4.69) is 0 Å². The number of ether oxygens (including phenoxy) is 1. The van der Waals surface area contributed by atoms with Crippen LogP contribution in [0.4, 0.5) is 0 Å². The molecule has 0 aliphatic carbocycles. The van der Waals surface area contributed by atoms with Crippen molar-refractivity contribution >= 4 is 29.0 Å². The van der Waals surface area contributed by atoms with Gasteiger partial charge in [0.05, 0.1) is 17.5 Å². The molecule has 1 aromatic rings. The molecular weight excluding hydrogens is 235 g/mol. The fourth-order valence-electron chi connectivity index (χ4n) is 1.06. The highest BCUT2D eigenvalue weighted by atomic mass is 35.5. The van der Waals surface area contributed by atoms with E-state index in [0.29, 0.717) is 23.8 Å². The van der Waals surface area contributed by atoms with E-state index in [-0.39, 0.29) is 11.7 Å². The predicted molar refractivity (Wildman–Crippen MR) is 62.0 cm³/mol.